The number of benzene rings is 1. The van der Waals surface area contributed by atoms with Crippen LogP contribution in [0.25, 0.3) is 0 Å². The SMILES string of the molecule is Cl.NC1CCCCC1CC(=O)NCc1ccccc1C(F)(F)F. The number of nitrogens with two attached hydrogens (primary N) is 1. The Labute approximate surface area is 140 Å². The highest BCUT2D eigenvalue weighted by Crippen LogP contribution is 2.32. The maximum Gasteiger partial charge on any atom is 0.416 e. The molecule has 2 atom stereocenters. The first-order valence-electron chi connectivity index (χ1n) is 7.55. The highest BCUT2D eigenvalue weighted by molar-refractivity contribution is 5.85. The molecule has 0 radical (unpaired) electrons. The third-order valence-electron chi connectivity index (χ3n) is 4.21. The van der Waals surface area contributed by atoms with Crippen LogP contribution in [0.5, 0.6) is 0 Å². The number of alkyl halides is 3. The second-order valence-corrected chi connectivity index (χ2v) is 5.84. The van der Waals surface area contributed by atoms with Gasteiger partial charge in [-0.15, -0.1) is 12.4 Å². The fraction of sp³-hybridized carbons (Fsp3) is 0.562. The molecule has 0 aliphatic heterocycles. The number of halogens is 4. The summed E-state index contributed by atoms with van der Waals surface area (Å²) in [5, 5.41) is 2.58. The molecule has 1 amide bonds. The lowest BCUT2D eigenvalue weighted by Crippen LogP contribution is -2.37. The van der Waals surface area contributed by atoms with Gasteiger partial charge in [-0.05, 0) is 30.4 Å². The van der Waals surface area contributed by atoms with E-state index in [-0.39, 0.29) is 48.8 Å². The van der Waals surface area contributed by atoms with Crippen LogP contribution in [0.4, 0.5) is 13.2 Å². The summed E-state index contributed by atoms with van der Waals surface area (Å²) >= 11 is 0. The van der Waals surface area contributed by atoms with Crippen molar-refractivity contribution < 1.29 is 18.0 Å². The summed E-state index contributed by atoms with van der Waals surface area (Å²) in [7, 11) is 0. The van der Waals surface area contributed by atoms with E-state index in [0.717, 1.165) is 31.7 Å². The zero-order valence-corrected chi connectivity index (χ0v) is 13.6. The fourth-order valence-electron chi connectivity index (χ4n) is 2.94. The first kappa shape index (κ1) is 19.8. The molecule has 1 saturated carbocycles. The largest absolute Gasteiger partial charge is 0.416 e. The molecular weight excluding hydrogens is 329 g/mol. The predicted octanol–water partition coefficient (Wildman–Crippen LogP) is 3.65. The maximum absolute atomic E-state index is 12.9. The summed E-state index contributed by atoms with van der Waals surface area (Å²) in [5.41, 5.74) is 5.36. The third-order valence-corrected chi connectivity index (χ3v) is 4.21. The van der Waals surface area contributed by atoms with Crippen LogP contribution in [0, 0.1) is 5.92 Å². The molecule has 0 spiro atoms. The molecule has 1 aliphatic carbocycles. The van der Waals surface area contributed by atoms with Crippen LogP contribution in [0.15, 0.2) is 24.3 Å². The summed E-state index contributed by atoms with van der Waals surface area (Å²) < 4.78 is 38.6. The molecule has 3 N–H and O–H groups in total. The van der Waals surface area contributed by atoms with Crippen LogP contribution < -0.4 is 11.1 Å². The van der Waals surface area contributed by atoms with Crippen molar-refractivity contribution in [3.8, 4) is 0 Å². The lowest BCUT2D eigenvalue weighted by Gasteiger charge is -2.28. The van der Waals surface area contributed by atoms with E-state index in [9.17, 15) is 18.0 Å². The monoisotopic (exact) mass is 350 g/mol. The minimum absolute atomic E-state index is 0. The van der Waals surface area contributed by atoms with Crippen LogP contribution in [-0.4, -0.2) is 11.9 Å². The van der Waals surface area contributed by atoms with Crippen LogP contribution in [0.1, 0.15) is 43.2 Å². The molecule has 7 heteroatoms. The second kappa shape index (κ2) is 8.55. The van der Waals surface area contributed by atoms with Crippen molar-refractivity contribution in [2.24, 2.45) is 11.7 Å². The van der Waals surface area contributed by atoms with Gasteiger partial charge in [-0.3, -0.25) is 4.79 Å². The Morgan fingerprint density at radius 3 is 2.52 bits per heavy atom. The molecule has 1 fully saturated rings. The topological polar surface area (TPSA) is 55.1 Å². The molecule has 1 aromatic rings. The van der Waals surface area contributed by atoms with Gasteiger partial charge in [0.25, 0.3) is 0 Å². The van der Waals surface area contributed by atoms with Gasteiger partial charge in [0.15, 0.2) is 0 Å². The molecule has 1 aliphatic rings. The zero-order valence-electron chi connectivity index (χ0n) is 12.7. The van der Waals surface area contributed by atoms with Gasteiger partial charge < -0.3 is 11.1 Å². The minimum atomic E-state index is -4.41. The number of carbonyl (C=O) groups excluding carboxylic acids is 1. The molecule has 1 aromatic carbocycles. The lowest BCUT2D eigenvalue weighted by atomic mass is 9.83. The minimum Gasteiger partial charge on any atom is -0.352 e. The van der Waals surface area contributed by atoms with Gasteiger partial charge in [-0.2, -0.15) is 13.2 Å². The number of amides is 1. The second-order valence-electron chi connectivity index (χ2n) is 5.84. The van der Waals surface area contributed by atoms with Crippen LogP contribution in [0.3, 0.4) is 0 Å². The summed E-state index contributed by atoms with van der Waals surface area (Å²) in [6.07, 6.45) is -0.161. The molecule has 0 bridgehead atoms. The number of rotatable bonds is 4. The average molecular weight is 351 g/mol. The van der Waals surface area contributed by atoms with E-state index in [2.05, 4.69) is 5.32 Å². The number of hydrogen-bond donors (Lipinski definition) is 2. The van der Waals surface area contributed by atoms with Crippen molar-refractivity contribution in [1.82, 2.24) is 5.32 Å². The van der Waals surface area contributed by atoms with Gasteiger partial charge in [0.1, 0.15) is 0 Å². The van der Waals surface area contributed by atoms with Gasteiger partial charge in [-0.1, -0.05) is 31.0 Å². The lowest BCUT2D eigenvalue weighted by molar-refractivity contribution is -0.138. The Hall–Kier alpha value is -1.27. The molecule has 0 heterocycles. The highest BCUT2D eigenvalue weighted by atomic mass is 35.5. The van der Waals surface area contributed by atoms with Gasteiger partial charge >= 0.3 is 6.18 Å². The average Bonchev–Trinajstić information content (AvgIpc) is 2.47. The molecule has 0 aromatic heterocycles. The van der Waals surface area contributed by atoms with E-state index >= 15 is 0 Å². The Balaban J connectivity index is 0.00000264. The number of carbonyl (C=O) groups is 1. The van der Waals surface area contributed by atoms with Crippen molar-refractivity contribution in [1.29, 1.82) is 0 Å². The van der Waals surface area contributed by atoms with Crippen molar-refractivity contribution in [2.45, 2.75) is 50.9 Å². The summed E-state index contributed by atoms with van der Waals surface area (Å²) in [6, 6.07) is 5.30. The summed E-state index contributed by atoms with van der Waals surface area (Å²) in [4.78, 5) is 11.9. The van der Waals surface area contributed by atoms with Crippen molar-refractivity contribution in [3.05, 3.63) is 35.4 Å². The van der Waals surface area contributed by atoms with Crippen molar-refractivity contribution in [2.75, 3.05) is 0 Å². The van der Waals surface area contributed by atoms with Gasteiger partial charge in [0, 0.05) is 19.0 Å². The predicted molar refractivity (Wildman–Crippen MR) is 85.1 cm³/mol. The quantitative estimate of drug-likeness (QED) is 0.870. The molecule has 2 unspecified atom stereocenters. The van der Waals surface area contributed by atoms with E-state index in [0.29, 0.717) is 0 Å². The fourth-order valence-corrected chi connectivity index (χ4v) is 2.94. The first-order chi connectivity index (χ1) is 10.4. The van der Waals surface area contributed by atoms with E-state index in [1.165, 1.54) is 18.2 Å². The number of hydrogen-bond acceptors (Lipinski definition) is 2. The number of nitrogens with one attached hydrogen (secondary N) is 1. The Morgan fingerprint density at radius 2 is 1.87 bits per heavy atom. The standard InChI is InChI=1S/C16H21F3N2O.ClH/c17-16(18,19)13-7-3-1-6-12(13)10-21-15(22)9-11-5-2-4-8-14(11)20;/h1,3,6-7,11,14H,2,4-5,8-10,20H2,(H,21,22);1H. The molecule has 0 saturated heterocycles. The molecule has 2 rings (SSSR count). The third kappa shape index (κ3) is 5.70. The van der Waals surface area contributed by atoms with Crippen LogP contribution in [-0.2, 0) is 17.5 Å². The Morgan fingerprint density at radius 1 is 1.22 bits per heavy atom. The van der Waals surface area contributed by atoms with E-state index < -0.39 is 11.7 Å². The maximum atomic E-state index is 12.9. The molecule has 130 valence electrons. The van der Waals surface area contributed by atoms with Crippen molar-refractivity contribution in [3.63, 3.8) is 0 Å². The van der Waals surface area contributed by atoms with Gasteiger partial charge in [0.05, 0.1) is 5.56 Å². The molecule has 3 nitrogen and oxygen atoms in total. The van der Waals surface area contributed by atoms with E-state index in [1.807, 2.05) is 0 Å². The Kier molecular flexibility index (Phi) is 7.35. The molecule has 23 heavy (non-hydrogen) atoms. The highest BCUT2D eigenvalue weighted by Gasteiger charge is 2.33. The van der Waals surface area contributed by atoms with Gasteiger partial charge in [-0.25, -0.2) is 0 Å². The first-order valence-corrected chi connectivity index (χ1v) is 7.55. The van der Waals surface area contributed by atoms with Gasteiger partial charge in [0.2, 0.25) is 5.91 Å². The van der Waals surface area contributed by atoms with E-state index in [4.69, 9.17) is 5.73 Å². The normalized spacial score (nSPS) is 21.4. The smallest absolute Gasteiger partial charge is 0.352 e. The van der Waals surface area contributed by atoms with Crippen LogP contribution in [0.2, 0.25) is 0 Å². The summed E-state index contributed by atoms with van der Waals surface area (Å²) in [5.74, 6) is -0.106. The zero-order chi connectivity index (χ0) is 16.2. The van der Waals surface area contributed by atoms with Crippen LogP contribution >= 0.6 is 12.4 Å². The van der Waals surface area contributed by atoms with Crippen molar-refractivity contribution >= 4 is 18.3 Å². The Bertz CT molecular complexity index is 522. The van der Waals surface area contributed by atoms with E-state index in [1.54, 1.807) is 0 Å². The molecular formula is C16H22ClF3N2O. The summed E-state index contributed by atoms with van der Waals surface area (Å²) in [6.45, 7) is -0.115.